The van der Waals surface area contributed by atoms with E-state index < -0.39 is 6.03 Å². The normalized spacial score (nSPS) is 9.75. The van der Waals surface area contributed by atoms with Gasteiger partial charge < -0.3 is 5.73 Å². The van der Waals surface area contributed by atoms with Crippen LogP contribution in [0.5, 0.6) is 0 Å². The minimum absolute atomic E-state index is 0.453. The van der Waals surface area contributed by atoms with Gasteiger partial charge in [-0.15, -0.1) is 0 Å². The van der Waals surface area contributed by atoms with E-state index in [0.29, 0.717) is 11.5 Å². The maximum atomic E-state index is 11.4. The molecule has 0 bridgehead atoms. The predicted molar refractivity (Wildman–Crippen MR) is 60.2 cm³/mol. The third-order valence-corrected chi connectivity index (χ3v) is 2.03. The van der Waals surface area contributed by atoms with Gasteiger partial charge in [0, 0.05) is 6.20 Å². The third-order valence-electron chi connectivity index (χ3n) is 2.03. The second kappa shape index (κ2) is 4.39. The van der Waals surface area contributed by atoms with Gasteiger partial charge in [-0.2, -0.15) is 0 Å². The van der Waals surface area contributed by atoms with E-state index in [1.54, 1.807) is 24.4 Å². The summed E-state index contributed by atoms with van der Waals surface area (Å²) in [5.74, 6) is 0.453. The van der Waals surface area contributed by atoms with Crippen LogP contribution >= 0.6 is 0 Å². The van der Waals surface area contributed by atoms with Crippen LogP contribution in [0.3, 0.4) is 0 Å². The highest BCUT2D eigenvalue weighted by atomic mass is 16.2. The monoisotopic (exact) mass is 214 g/mol. The molecule has 2 amide bonds. The first-order valence-electron chi connectivity index (χ1n) is 4.69. The molecule has 16 heavy (non-hydrogen) atoms. The molecule has 2 rings (SSSR count). The van der Waals surface area contributed by atoms with Crippen molar-refractivity contribution >= 4 is 17.5 Å². The summed E-state index contributed by atoms with van der Waals surface area (Å²) < 4.78 is 0. The highest BCUT2D eigenvalue weighted by molar-refractivity contribution is 5.97. The Morgan fingerprint density at radius 1 is 1.19 bits per heavy atom. The van der Waals surface area contributed by atoms with Crippen molar-refractivity contribution in [2.45, 2.75) is 0 Å². The standard InChI is InChI=1S/C11H10N4O/c12-11(16)15(9-4-2-1-3-5-9)10-6-7-13-8-14-10/h1-8H,(H2,12,16). The fourth-order valence-electron chi connectivity index (χ4n) is 1.37. The van der Waals surface area contributed by atoms with Crippen molar-refractivity contribution in [3.63, 3.8) is 0 Å². The van der Waals surface area contributed by atoms with Crippen molar-refractivity contribution in [2.24, 2.45) is 5.73 Å². The van der Waals surface area contributed by atoms with E-state index in [9.17, 15) is 4.79 Å². The molecule has 0 radical (unpaired) electrons. The van der Waals surface area contributed by atoms with Crippen molar-refractivity contribution in [1.82, 2.24) is 9.97 Å². The highest BCUT2D eigenvalue weighted by Gasteiger charge is 2.15. The van der Waals surface area contributed by atoms with Gasteiger partial charge in [-0.1, -0.05) is 18.2 Å². The number of aromatic nitrogens is 2. The molecule has 0 atom stereocenters. The number of primary amides is 1. The fraction of sp³-hybridized carbons (Fsp3) is 0. The molecule has 5 heteroatoms. The molecule has 2 N–H and O–H groups in total. The summed E-state index contributed by atoms with van der Waals surface area (Å²) in [6.07, 6.45) is 2.93. The molecule has 2 aromatic rings. The molecule has 0 fully saturated rings. The Hall–Kier alpha value is -2.43. The number of rotatable bonds is 2. The van der Waals surface area contributed by atoms with Crippen LogP contribution in [0.15, 0.2) is 48.9 Å². The number of anilines is 2. The maximum absolute atomic E-state index is 11.4. The van der Waals surface area contributed by atoms with Gasteiger partial charge in [-0.3, -0.25) is 0 Å². The van der Waals surface area contributed by atoms with Crippen molar-refractivity contribution in [3.8, 4) is 0 Å². The highest BCUT2D eigenvalue weighted by Crippen LogP contribution is 2.21. The second-order valence-electron chi connectivity index (χ2n) is 3.08. The lowest BCUT2D eigenvalue weighted by Gasteiger charge is -2.18. The summed E-state index contributed by atoms with van der Waals surface area (Å²) >= 11 is 0. The van der Waals surface area contributed by atoms with Gasteiger partial charge in [-0.05, 0) is 18.2 Å². The molecule has 1 heterocycles. The number of urea groups is 1. The van der Waals surface area contributed by atoms with E-state index in [1.165, 1.54) is 11.2 Å². The summed E-state index contributed by atoms with van der Waals surface area (Å²) in [7, 11) is 0. The Balaban J connectivity index is 2.44. The molecule has 0 spiro atoms. The molecule has 0 aliphatic carbocycles. The van der Waals surface area contributed by atoms with Gasteiger partial charge in [0.15, 0.2) is 0 Å². The van der Waals surface area contributed by atoms with Gasteiger partial charge in [0.1, 0.15) is 12.1 Å². The van der Waals surface area contributed by atoms with Gasteiger partial charge >= 0.3 is 6.03 Å². The summed E-state index contributed by atoms with van der Waals surface area (Å²) in [5, 5.41) is 0. The average molecular weight is 214 g/mol. The topological polar surface area (TPSA) is 72.1 Å². The largest absolute Gasteiger partial charge is 0.351 e. The fourth-order valence-corrected chi connectivity index (χ4v) is 1.37. The van der Waals surface area contributed by atoms with Gasteiger partial charge in [0.25, 0.3) is 0 Å². The molecule has 1 aromatic carbocycles. The lowest BCUT2D eigenvalue weighted by molar-refractivity contribution is 0.256. The zero-order valence-electron chi connectivity index (χ0n) is 8.45. The van der Waals surface area contributed by atoms with Crippen LogP contribution in [0.1, 0.15) is 0 Å². The minimum Gasteiger partial charge on any atom is -0.351 e. The molecule has 0 saturated carbocycles. The Labute approximate surface area is 92.6 Å². The Morgan fingerprint density at radius 2 is 1.94 bits per heavy atom. The van der Waals surface area contributed by atoms with Gasteiger partial charge in [0.2, 0.25) is 0 Å². The Morgan fingerprint density at radius 3 is 2.50 bits per heavy atom. The Kier molecular flexibility index (Phi) is 2.77. The van der Waals surface area contributed by atoms with Gasteiger partial charge in [0.05, 0.1) is 5.69 Å². The third kappa shape index (κ3) is 1.98. The molecular weight excluding hydrogens is 204 g/mol. The number of carbonyl (C=O) groups is 1. The van der Waals surface area contributed by atoms with Crippen molar-refractivity contribution in [3.05, 3.63) is 48.9 Å². The van der Waals surface area contributed by atoms with Crippen LogP contribution < -0.4 is 10.6 Å². The van der Waals surface area contributed by atoms with Crippen LogP contribution in [-0.2, 0) is 0 Å². The summed E-state index contributed by atoms with van der Waals surface area (Å²) in [6, 6.07) is 10.1. The number of nitrogens with zero attached hydrogens (tertiary/aromatic N) is 3. The molecule has 1 aromatic heterocycles. The number of hydrogen-bond acceptors (Lipinski definition) is 3. The first-order chi connectivity index (χ1) is 7.79. The van der Waals surface area contributed by atoms with Crippen molar-refractivity contribution in [2.75, 3.05) is 4.90 Å². The van der Waals surface area contributed by atoms with Crippen LogP contribution in [0.4, 0.5) is 16.3 Å². The zero-order valence-corrected chi connectivity index (χ0v) is 8.45. The summed E-state index contributed by atoms with van der Waals surface area (Å²) in [6.45, 7) is 0. The smallest absolute Gasteiger partial charge is 0.325 e. The SMILES string of the molecule is NC(=O)N(c1ccccc1)c1ccncn1. The van der Waals surface area contributed by atoms with E-state index >= 15 is 0 Å². The molecule has 0 aliphatic rings. The van der Waals surface area contributed by atoms with E-state index in [0.717, 1.165) is 0 Å². The lowest BCUT2D eigenvalue weighted by Crippen LogP contribution is -2.32. The molecular formula is C11H10N4O. The van der Waals surface area contributed by atoms with E-state index in [-0.39, 0.29) is 0 Å². The first-order valence-corrected chi connectivity index (χ1v) is 4.69. The second-order valence-corrected chi connectivity index (χ2v) is 3.08. The molecule has 5 nitrogen and oxygen atoms in total. The zero-order chi connectivity index (χ0) is 11.4. The Bertz CT molecular complexity index is 432. The number of amides is 2. The average Bonchev–Trinajstić information content (AvgIpc) is 2.31. The van der Waals surface area contributed by atoms with Crippen LogP contribution in [0, 0.1) is 0 Å². The lowest BCUT2D eigenvalue weighted by atomic mass is 10.3. The number of nitrogens with two attached hydrogens (primary N) is 1. The number of carbonyl (C=O) groups excluding carboxylic acids is 1. The summed E-state index contributed by atoms with van der Waals surface area (Å²) in [5.41, 5.74) is 6.00. The summed E-state index contributed by atoms with van der Waals surface area (Å²) in [4.78, 5) is 20.5. The predicted octanol–water partition coefficient (Wildman–Crippen LogP) is 1.69. The minimum atomic E-state index is -0.579. The van der Waals surface area contributed by atoms with Crippen LogP contribution in [-0.4, -0.2) is 16.0 Å². The maximum Gasteiger partial charge on any atom is 0.325 e. The van der Waals surface area contributed by atoms with Crippen LogP contribution in [0.25, 0.3) is 0 Å². The number of benzene rings is 1. The van der Waals surface area contributed by atoms with E-state index in [4.69, 9.17) is 5.73 Å². The van der Waals surface area contributed by atoms with Crippen molar-refractivity contribution < 1.29 is 4.79 Å². The molecule has 0 unspecified atom stereocenters. The van der Waals surface area contributed by atoms with E-state index in [2.05, 4.69) is 9.97 Å². The number of hydrogen-bond donors (Lipinski definition) is 1. The molecule has 80 valence electrons. The molecule has 0 aliphatic heterocycles. The molecule has 0 saturated heterocycles. The van der Waals surface area contributed by atoms with Crippen LogP contribution in [0.2, 0.25) is 0 Å². The number of para-hydroxylation sites is 1. The van der Waals surface area contributed by atoms with Gasteiger partial charge in [-0.25, -0.2) is 19.7 Å². The quantitative estimate of drug-likeness (QED) is 0.826. The van der Waals surface area contributed by atoms with Crippen molar-refractivity contribution in [1.29, 1.82) is 0 Å². The first kappa shape index (κ1) is 10.1. The van der Waals surface area contributed by atoms with E-state index in [1.807, 2.05) is 18.2 Å².